The van der Waals surface area contributed by atoms with Crippen LogP contribution in [-0.4, -0.2) is 25.5 Å². The van der Waals surface area contributed by atoms with Gasteiger partial charge in [0.05, 0.1) is 0 Å². The van der Waals surface area contributed by atoms with E-state index in [9.17, 15) is 9.18 Å². The van der Waals surface area contributed by atoms with Crippen LogP contribution in [0.25, 0.3) is 0 Å². The van der Waals surface area contributed by atoms with Crippen LogP contribution in [0.2, 0.25) is 0 Å². The molecule has 0 radical (unpaired) electrons. The number of halogens is 2. The molecule has 0 bridgehead atoms. The van der Waals surface area contributed by atoms with Crippen LogP contribution in [0.3, 0.4) is 0 Å². The lowest BCUT2D eigenvalue weighted by Gasteiger charge is -2.34. The van der Waals surface area contributed by atoms with E-state index in [1.54, 1.807) is 12.1 Å². The van der Waals surface area contributed by atoms with Gasteiger partial charge in [-0.25, -0.2) is 4.39 Å². The van der Waals surface area contributed by atoms with E-state index in [0.29, 0.717) is 12.1 Å². The summed E-state index contributed by atoms with van der Waals surface area (Å²) in [6.45, 7) is 4.81. The number of piperidine rings is 1. The summed E-state index contributed by atoms with van der Waals surface area (Å²) < 4.78 is 13.0. The Bertz CT molecular complexity index is 433. The molecule has 0 aliphatic carbocycles. The van der Waals surface area contributed by atoms with Crippen LogP contribution in [0.1, 0.15) is 30.1 Å². The molecule has 5 heteroatoms. The molecule has 0 unspecified atom stereocenters. The van der Waals surface area contributed by atoms with E-state index < -0.39 is 0 Å². The molecule has 2 N–H and O–H groups in total. The Morgan fingerprint density at radius 1 is 1.42 bits per heavy atom. The van der Waals surface area contributed by atoms with Crippen molar-refractivity contribution in [3.05, 3.63) is 35.6 Å². The average molecular weight is 287 g/mol. The summed E-state index contributed by atoms with van der Waals surface area (Å²) in [7, 11) is 0. The summed E-state index contributed by atoms with van der Waals surface area (Å²) in [6.07, 6.45) is 2.10. The number of carbonyl (C=O) groups excluding carboxylic acids is 1. The van der Waals surface area contributed by atoms with Gasteiger partial charge in [-0.2, -0.15) is 0 Å². The fraction of sp³-hybridized carbons (Fsp3) is 0.500. The van der Waals surface area contributed by atoms with Crippen molar-refractivity contribution < 1.29 is 9.18 Å². The van der Waals surface area contributed by atoms with Gasteiger partial charge in [0.15, 0.2) is 0 Å². The van der Waals surface area contributed by atoms with Gasteiger partial charge in [-0.05, 0) is 49.5 Å². The van der Waals surface area contributed by atoms with Crippen LogP contribution < -0.4 is 10.6 Å². The third-order valence-corrected chi connectivity index (χ3v) is 3.57. The summed E-state index contributed by atoms with van der Waals surface area (Å²) in [5.74, 6) is -0.579. The summed E-state index contributed by atoms with van der Waals surface area (Å²) in [5.41, 5.74) is 0.529. The Kier molecular flexibility index (Phi) is 5.76. The van der Waals surface area contributed by atoms with Gasteiger partial charge in [-0.15, -0.1) is 12.4 Å². The second-order valence-electron chi connectivity index (χ2n) is 5.25. The molecule has 1 aromatic carbocycles. The minimum Gasteiger partial charge on any atom is -0.351 e. The first-order valence-electron chi connectivity index (χ1n) is 6.34. The van der Waals surface area contributed by atoms with Crippen molar-refractivity contribution in [3.63, 3.8) is 0 Å². The maximum absolute atomic E-state index is 13.0. The number of amides is 1. The average Bonchev–Trinajstić information content (AvgIpc) is 2.37. The van der Waals surface area contributed by atoms with E-state index in [2.05, 4.69) is 17.6 Å². The van der Waals surface area contributed by atoms with Crippen LogP contribution >= 0.6 is 12.4 Å². The molecule has 1 amide bonds. The molecule has 1 aromatic rings. The molecule has 2 rings (SSSR count). The van der Waals surface area contributed by atoms with E-state index in [1.165, 1.54) is 12.1 Å². The molecule has 19 heavy (non-hydrogen) atoms. The van der Waals surface area contributed by atoms with Gasteiger partial charge < -0.3 is 10.6 Å². The Morgan fingerprint density at radius 3 is 2.74 bits per heavy atom. The first-order chi connectivity index (χ1) is 8.59. The highest BCUT2D eigenvalue weighted by atomic mass is 35.5. The van der Waals surface area contributed by atoms with Crippen LogP contribution in [0.15, 0.2) is 24.3 Å². The lowest BCUT2D eigenvalue weighted by molar-refractivity contribution is 0.0922. The molecular formula is C14H20ClFN2O. The number of carbonyl (C=O) groups is 1. The smallest absolute Gasteiger partial charge is 0.251 e. The molecule has 0 spiro atoms. The van der Waals surface area contributed by atoms with Crippen molar-refractivity contribution >= 4 is 18.3 Å². The number of benzene rings is 1. The highest BCUT2D eigenvalue weighted by Gasteiger charge is 2.27. The van der Waals surface area contributed by atoms with Gasteiger partial charge in [0.1, 0.15) is 5.82 Å². The van der Waals surface area contributed by atoms with E-state index in [0.717, 1.165) is 25.9 Å². The number of hydrogen-bond donors (Lipinski definition) is 2. The summed E-state index contributed by atoms with van der Waals surface area (Å²) in [6, 6.07) is 5.78. The lowest BCUT2D eigenvalue weighted by Crippen LogP contribution is -2.42. The fourth-order valence-electron chi connectivity index (χ4n) is 2.23. The second kappa shape index (κ2) is 6.87. The van der Waals surface area contributed by atoms with Crippen LogP contribution in [0.4, 0.5) is 4.39 Å². The van der Waals surface area contributed by atoms with Gasteiger partial charge in [0.2, 0.25) is 0 Å². The topological polar surface area (TPSA) is 41.1 Å². The van der Waals surface area contributed by atoms with Gasteiger partial charge in [0.25, 0.3) is 5.91 Å². The molecule has 1 saturated heterocycles. The van der Waals surface area contributed by atoms with E-state index in [1.807, 2.05) is 0 Å². The zero-order chi connectivity index (χ0) is 13.0. The molecule has 0 aromatic heterocycles. The summed E-state index contributed by atoms with van der Waals surface area (Å²) >= 11 is 0. The molecule has 0 atom stereocenters. The molecule has 1 fully saturated rings. The Balaban J connectivity index is 0.00000180. The number of hydrogen-bond acceptors (Lipinski definition) is 2. The molecule has 3 nitrogen and oxygen atoms in total. The molecule has 106 valence electrons. The fourth-order valence-corrected chi connectivity index (χ4v) is 2.23. The predicted molar refractivity (Wildman–Crippen MR) is 76.2 cm³/mol. The normalized spacial score (nSPS) is 17.4. The van der Waals surface area contributed by atoms with Crippen molar-refractivity contribution in [2.45, 2.75) is 19.8 Å². The minimum absolute atomic E-state index is 0. The van der Waals surface area contributed by atoms with Crippen molar-refractivity contribution in [1.82, 2.24) is 10.6 Å². The third kappa shape index (κ3) is 4.48. The number of nitrogens with one attached hydrogen (secondary N) is 2. The Hall–Kier alpha value is -1.13. The van der Waals surface area contributed by atoms with Crippen molar-refractivity contribution in [2.75, 3.05) is 19.6 Å². The molecule has 1 aliphatic rings. The van der Waals surface area contributed by atoms with E-state index >= 15 is 0 Å². The van der Waals surface area contributed by atoms with Gasteiger partial charge >= 0.3 is 0 Å². The molecule has 0 saturated carbocycles. The van der Waals surface area contributed by atoms with Crippen molar-refractivity contribution in [1.29, 1.82) is 0 Å². The van der Waals surface area contributed by atoms with Crippen LogP contribution in [0.5, 0.6) is 0 Å². The lowest BCUT2D eigenvalue weighted by atomic mass is 9.81. The SMILES string of the molecule is CC1(CNC(=O)c2cccc(F)c2)CCNCC1.Cl. The monoisotopic (exact) mass is 286 g/mol. The highest BCUT2D eigenvalue weighted by Crippen LogP contribution is 2.26. The second-order valence-corrected chi connectivity index (χ2v) is 5.25. The summed E-state index contributed by atoms with van der Waals surface area (Å²) in [4.78, 5) is 11.9. The highest BCUT2D eigenvalue weighted by molar-refractivity contribution is 5.94. The van der Waals surface area contributed by atoms with Crippen molar-refractivity contribution in [2.24, 2.45) is 5.41 Å². The van der Waals surface area contributed by atoms with Crippen LogP contribution in [-0.2, 0) is 0 Å². The largest absolute Gasteiger partial charge is 0.351 e. The first-order valence-corrected chi connectivity index (χ1v) is 6.34. The molecule has 1 aliphatic heterocycles. The van der Waals surface area contributed by atoms with Gasteiger partial charge in [-0.1, -0.05) is 13.0 Å². The minimum atomic E-state index is -0.379. The summed E-state index contributed by atoms with van der Waals surface area (Å²) in [5, 5.41) is 6.21. The quantitative estimate of drug-likeness (QED) is 0.896. The molecule has 1 heterocycles. The van der Waals surface area contributed by atoms with E-state index in [4.69, 9.17) is 0 Å². The van der Waals surface area contributed by atoms with Gasteiger partial charge in [-0.3, -0.25) is 4.79 Å². The van der Waals surface area contributed by atoms with Gasteiger partial charge in [0, 0.05) is 12.1 Å². The first kappa shape index (κ1) is 15.9. The zero-order valence-corrected chi connectivity index (χ0v) is 11.9. The molecular weight excluding hydrogens is 267 g/mol. The zero-order valence-electron chi connectivity index (χ0n) is 11.0. The van der Waals surface area contributed by atoms with Crippen LogP contribution in [0, 0.1) is 11.2 Å². The standard InChI is InChI=1S/C14H19FN2O.ClH/c1-14(5-7-16-8-6-14)10-17-13(18)11-3-2-4-12(15)9-11;/h2-4,9,16H,5-8,10H2,1H3,(H,17,18);1H. The van der Waals surface area contributed by atoms with Crippen molar-refractivity contribution in [3.8, 4) is 0 Å². The van der Waals surface area contributed by atoms with E-state index in [-0.39, 0.29) is 29.5 Å². The Labute approximate surface area is 119 Å². The maximum Gasteiger partial charge on any atom is 0.251 e. The maximum atomic E-state index is 13.0. The Morgan fingerprint density at radius 2 is 2.11 bits per heavy atom. The third-order valence-electron chi connectivity index (χ3n) is 3.57. The number of rotatable bonds is 3. The predicted octanol–water partition coefficient (Wildman–Crippen LogP) is 2.37.